The summed E-state index contributed by atoms with van der Waals surface area (Å²) in [5, 5.41) is 8.90. The molecule has 0 aromatic heterocycles. The van der Waals surface area contributed by atoms with Crippen molar-refractivity contribution in [2.24, 2.45) is 5.92 Å². The van der Waals surface area contributed by atoms with Gasteiger partial charge in [-0.3, -0.25) is 0 Å². The normalized spacial score (nSPS) is 23.5. The Morgan fingerprint density at radius 2 is 2.35 bits per heavy atom. The molecule has 0 bridgehead atoms. The number of rotatable bonds is 5. The van der Waals surface area contributed by atoms with Crippen LogP contribution in [0.15, 0.2) is 0 Å². The van der Waals surface area contributed by atoms with Gasteiger partial charge in [-0.25, -0.2) is 4.79 Å². The molecule has 5 nitrogen and oxygen atoms in total. The lowest BCUT2D eigenvalue weighted by Crippen LogP contribution is -2.38. The maximum absolute atomic E-state index is 11.8. The predicted molar refractivity (Wildman–Crippen MR) is 62.3 cm³/mol. The van der Waals surface area contributed by atoms with Crippen LogP contribution in [-0.4, -0.2) is 43.9 Å². The van der Waals surface area contributed by atoms with Gasteiger partial charge in [0.2, 0.25) is 0 Å². The largest absolute Gasteiger partial charge is 0.449 e. The maximum Gasteiger partial charge on any atom is 0.410 e. The highest BCUT2D eigenvalue weighted by molar-refractivity contribution is 5.68. The molecule has 2 unspecified atom stereocenters. The third-order valence-electron chi connectivity index (χ3n) is 2.91. The standard InChI is InChI=1S/C12H20N2O3/c1-3-4-5-17-12(15)14-8-10(7-13)6-11(14)9-16-2/h10-11H,3-6,8-9H2,1-2H3. The molecule has 1 saturated heterocycles. The van der Waals surface area contributed by atoms with Gasteiger partial charge in [-0.2, -0.15) is 5.26 Å². The number of nitrogens with zero attached hydrogens (tertiary/aromatic N) is 2. The first kappa shape index (κ1) is 13.8. The molecule has 0 aromatic rings. The van der Waals surface area contributed by atoms with Crippen molar-refractivity contribution in [3.05, 3.63) is 0 Å². The second kappa shape index (κ2) is 7.13. The number of carbonyl (C=O) groups excluding carboxylic acids is 1. The lowest BCUT2D eigenvalue weighted by molar-refractivity contribution is 0.0734. The summed E-state index contributed by atoms with van der Waals surface area (Å²) in [6.45, 7) is 3.41. The first-order chi connectivity index (χ1) is 8.22. The van der Waals surface area contributed by atoms with Crippen molar-refractivity contribution in [2.45, 2.75) is 32.2 Å². The summed E-state index contributed by atoms with van der Waals surface area (Å²) < 4.78 is 10.2. The highest BCUT2D eigenvalue weighted by Gasteiger charge is 2.36. The van der Waals surface area contributed by atoms with Crippen LogP contribution in [0.2, 0.25) is 0 Å². The summed E-state index contributed by atoms with van der Waals surface area (Å²) >= 11 is 0. The van der Waals surface area contributed by atoms with Crippen LogP contribution in [-0.2, 0) is 9.47 Å². The third-order valence-corrected chi connectivity index (χ3v) is 2.91. The molecule has 96 valence electrons. The van der Waals surface area contributed by atoms with Crippen molar-refractivity contribution < 1.29 is 14.3 Å². The summed E-state index contributed by atoms with van der Waals surface area (Å²) in [5.74, 6) is -0.103. The van der Waals surface area contributed by atoms with E-state index in [0.717, 1.165) is 12.8 Å². The number of likely N-dealkylation sites (tertiary alicyclic amines) is 1. The number of unbranched alkanes of at least 4 members (excludes halogenated alkanes) is 1. The van der Waals surface area contributed by atoms with Gasteiger partial charge in [-0.05, 0) is 12.8 Å². The number of hydrogen-bond donors (Lipinski definition) is 0. The molecule has 1 aliphatic heterocycles. The van der Waals surface area contributed by atoms with Gasteiger partial charge < -0.3 is 14.4 Å². The number of amides is 1. The summed E-state index contributed by atoms with van der Waals surface area (Å²) in [5.41, 5.74) is 0. The topological polar surface area (TPSA) is 62.6 Å². The van der Waals surface area contributed by atoms with Crippen molar-refractivity contribution in [1.29, 1.82) is 5.26 Å². The molecule has 1 rings (SSSR count). The minimum absolute atomic E-state index is 0.0289. The van der Waals surface area contributed by atoms with Crippen LogP contribution in [0, 0.1) is 17.2 Å². The van der Waals surface area contributed by atoms with E-state index in [1.54, 1.807) is 12.0 Å². The Bertz CT molecular complexity index is 288. The van der Waals surface area contributed by atoms with E-state index in [2.05, 4.69) is 6.07 Å². The van der Waals surface area contributed by atoms with Crippen molar-refractivity contribution in [3.63, 3.8) is 0 Å². The molecule has 1 amide bonds. The summed E-state index contributed by atoms with van der Waals surface area (Å²) in [7, 11) is 1.60. The molecule has 2 atom stereocenters. The van der Waals surface area contributed by atoms with Crippen molar-refractivity contribution in [3.8, 4) is 6.07 Å². The predicted octanol–water partition coefficient (Wildman–Crippen LogP) is 1.78. The van der Waals surface area contributed by atoms with Gasteiger partial charge in [0.05, 0.1) is 31.2 Å². The van der Waals surface area contributed by atoms with Gasteiger partial charge in [0.15, 0.2) is 0 Å². The van der Waals surface area contributed by atoms with Gasteiger partial charge in [-0.15, -0.1) is 0 Å². The monoisotopic (exact) mass is 240 g/mol. The van der Waals surface area contributed by atoms with E-state index in [1.807, 2.05) is 6.92 Å². The van der Waals surface area contributed by atoms with E-state index >= 15 is 0 Å². The fraction of sp³-hybridized carbons (Fsp3) is 0.833. The zero-order chi connectivity index (χ0) is 12.7. The van der Waals surface area contributed by atoms with Gasteiger partial charge >= 0.3 is 6.09 Å². The molecule has 0 saturated carbocycles. The molecule has 0 aliphatic carbocycles. The van der Waals surface area contributed by atoms with Crippen LogP contribution in [0.5, 0.6) is 0 Å². The van der Waals surface area contributed by atoms with Crippen LogP contribution in [0.3, 0.4) is 0 Å². The van der Waals surface area contributed by atoms with E-state index < -0.39 is 0 Å². The molecule has 17 heavy (non-hydrogen) atoms. The van der Waals surface area contributed by atoms with Gasteiger partial charge in [0.25, 0.3) is 0 Å². The zero-order valence-corrected chi connectivity index (χ0v) is 10.5. The highest BCUT2D eigenvalue weighted by Crippen LogP contribution is 2.23. The minimum atomic E-state index is -0.321. The van der Waals surface area contributed by atoms with Crippen LogP contribution < -0.4 is 0 Å². The molecule has 1 fully saturated rings. The average Bonchev–Trinajstić information content (AvgIpc) is 2.73. The van der Waals surface area contributed by atoms with Crippen LogP contribution >= 0.6 is 0 Å². The van der Waals surface area contributed by atoms with E-state index in [4.69, 9.17) is 14.7 Å². The number of carbonyl (C=O) groups is 1. The Morgan fingerprint density at radius 3 is 2.94 bits per heavy atom. The van der Waals surface area contributed by atoms with E-state index in [9.17, 15) is 4.79 Å². The molecule has 0 aromatic carbocycles. The molecule has 1 aliphatic rings. The summed E-state index contributed by atoms with van der Waals surface area (Å²) in [6, 6.07) is 2.17. The Kier molecular flexibility index (Phi) is 5.78. The van der Waals surface area contributed by atoms with Gasteiger partial charge in [-0.1, -0.05) is 13.3 Å². The number of nitriles is 1. The van der Waals surface area contributed by atoms with E-state index in [1.165, 1.54) is 0 Å². The Morgan fingerprint density at radius 1 is 1.59 bits per heavy atom. The molecular formula is C12H20N2O3. The molecule has 0 N–H and O–H groups in total. The number of ether oxygens (including phenoxy) is 2. The third kappa shape index (κ3) is 3.90. The summed E-state index contributed by atoms with van der Waals surface area (Å²) in [4.78, 5) is 13.4. The fourth-order valence-corrected chi connectivity index (χ4v) is 1.97. The van der Waals surface area contributed by atoms with Crippen molar-refractivity contribution in [2.75, 3.05) is 26.9 Å². The lowest BCUT2D eigenvalue weighted by Gasteiger charge is -2.23. The first-order valence-corrected chi connectivity index (χ1v) is 6.04. The molecular weight excluding hydrogens is 220 g/mol. The maximum atomic E-state index is 11.8. The zero-order valence-electron chi connectivity index (χ0n) is 10.5. The average molecular weight is 240 g/mol. The van der Waals surface area contributed by atoms with E-state index in [0.29, 0.717) is 26.2 Å². The highest BCUT2D eigenvalue weighted by atomic mass is 16.6. The van der Waals surface area contributed by atoms with Gasteiger partial charge in [0, 0.05) is 13.7 Å². The SMILES string of the molecule is CCCCOC(=O)N1CC(C#N)CC1COC. The van der Waals surface area contributed by atoms with Gasteiger partial charge in [0.1, 0.15) is 0 Å². The Hall–Kier alpha value is -1.28. The second-order valence-corrected chi connectivity index (χ2v) is 4.29. The second-order valence-electron chi connectivity index (χ2n) is 4.29. The lowest BCUT2D eigenvalue weighted by atomic mass is 10.1. The Labute approximate surface area is 102 Å². The molecule has 0 spiro atoms. The first-order valence-electron chi connectivity index (χ1n) is 6.04. The Balaban J connectivity index is 2.48. The fourth-order valence-electron chi connectivity index (χ4n) is 1.97. The van der Waals surface area contributed by atoms with E-state index in [-0.39, 0.29) is 18.1 Å². The van der Waals surface area contributed by atoms with Crippen LogP contribution in [0.25, 0.3) is 0 Å². The van der Waals surface area contributed by atoms with Crippen molar-refractivity contribution >= 4 is 6.09 Å². The molecule has 0 radical (unpaired) electrons. The van der Waals surface area contributed by atoms with Crippen LogP contribution in [0.4, 0.5) is 4.79 Å². The minimum Gasteiger partial charge on any atom is -0.449 e. The number of methoxy groups -OCH3 is 1. The quantitative estimate of drug-likeness (QED) is 0.687. The molecule has 5 heteroatoms. The van der Waals surface area contributed by atoms with Crippen molar-refractivity contribution in [1.82, 2.24) is 4.90 Å². The number of hydrogen-bond acceptors (Lipinski definition) is 4. The van der Waals surface area contributed by atoms with Crippen LogP contribution in [0.1, 0.15) is 26.2 Å². The molecule has 1 heterocycles. The summed E-state index contributed by atoms with van der Waals surface area (Å²) in [6.07, 6.45) is 2.22. The smallest absolute Gasteiger partial charge is 0.410 e.